The number of carbonyl (C=O) groups is 1. The molecule has 0 spiro atoms. The van der Waals surface area contributed by atoms with E-state index in [0.717, 1.165) is 28.3 Å². The maximum absolute atomic E-state index is 12.0. The molecule has 1 N–H and O–H groups in total. The first-order chi connectivity index (χ1) is 13.3. The molecule has 4 rings (SSSR count). The lowest BCUT2D eigenvalue weighted by Crippen LogP contribution is -2.04. The summed E-state index contributed by atoms with van der Waals surface area (Å²) in [6.45, 7) is 2.10. The Morgan fingerprint density at radius 2 is 1.67 bits per heavy atom. The monoisotopic (exact) mass is 375 g/mol. The molecular formula is C21H17N3O2S. The number of esters is 1. The van der Waals surface area contributed by atoms with Crippen molar-refractivity contribution in [1.29, 1.82) is 0 Å². The first-order valence-electron chi connectivity index (χ1n) is 8.60. The summed E-state index contributed by atoms with van der Waals surface area (Å²) in [6, 6.07) is 19.9. The molecule has 27 heavy (non-hydrogen) atoms. The van der Waals surface area contributed by atoms with Crippen LogP contribution in [-0.4, -0.2) is 27.5 Å². The minimum absolute atomic E-state index is 0.312. The molecule has 6 heteroatoms. The Morgan fingerprint density at radius 1 is 1.00 bits per heavy atom. The van der Waals surface area contributed by atoms with E-state index < -0.39 is 5.97 Å². The quantitative estimate of drug-likeness (QED) is 0.496. The molecular weight excluding hydrogens is 358 g/mol. The SMILES string of the molecule is CCOC(=O)c1csc(-c2[nH]c(-c3ccccc3)nc2-c2ccccc2)n1. The zero-order valence-corrected chi connectivity index (χ0v) is 15.5. The second-order valence-electron chi connectivity index (χ2n) is 5.80. The minimum atomic E-state index is -0.413. The number of aromatic amines is 1. The van der Waals surface area contributed by atoms with Gasteiger partial charge in [-0.05, 0) is 6.92 Å². The van der Waals surface area contributed by atoms with Gasteiger partial charge in [0.15, 0.2) is 5.69 Å². The maximum atomic E-state index is 12.0. The third-order valence-electron chi connectivity index (χ3n) is 4.00. The summed E-state index contributed by atoms with van der Waals surface area (Å²) >= 11 is 1.39. The van der Waals surface area contributed by atoms with E-state index in [0.29, 0.717) is 17.3 Å². The second-order valence-corrected chi connectivity index (χ2v) is 6.66. The highest BCUT2D eigenvalue weighted by Crippen LogP contribution is 2.34. The highest BCUT2D eigenvalue weighted by Gasteiger charge is 2.19. The van der Waals surface area contributed by atoms with Crippen LogP contribution in [0.5, 0.6) is 0 Å². The van der Waals surface area contributed by atoms with E-state index in [9.17, 15) is 4.79 Å². The molecule has 5 nitrogen and oxygen atoms in total. The first-order valence-corrected chi connectivity index (χ1v) is 9.48. The van der Waals surface area contributed by atoms with Crippen LogP contribution < -0.4 is 0 Å². The van der Waals surface area contributed by atoms with E-state index in [1.807, 2.05) is 60.7 Å². The number of nitrogens with one attached hydrogen (secondary N) is 1. The van der Waals surface area contributed by atoms with Gasteiger partial charge in [-0.2, -0.15) is 0 Å². The van der Waals surface area contributed by atoms with Crippen LogP contribution in [0, 0.1) is 0 Å². The average molecular weight is 375 g/mol. The van der Waals surface area contributed by atoms with Crippen molar-refractivity contribution in [2.75, 3.05) is 6.61 Å². The van der Waals surface area contributed by atoms with Crippen LogP contribution in [0.25, 0.3) is 33.3 Å². The number of thiazole rings is 1. The molecule has 0 amide bonds. The van der Waals surface area contributed by atoms with Gasteiger partial charge in [-0.3, -0.25) is 0 Å². The van der Waals surface area contributed by atoms with E-state index in [4.69, 9.17) is 9.72 Å². The number of nitrogens with zero attached hydrogens (tertiary/aromatic N) is 2. The van der Waals surface area contributed by atoms with Crippen molar-refractivity contribution in [3.8, 4) is 33.3 Å². The first kappa shape index (κ1) is 17.2. The summed E-state index contributed by atoms with van der Waals surface area (Å²) in [4.78, 5) is 24.6. The highest BCUT2D eigenvalue weighted by atomic mass is 32.1. The molecule has 2 aromatic carbocycles. The van der Waals surface area contributed by atoms with Crippen LogP contribution in [0.3, 0.4) is 0 Å². The topological polar surface area (TPSA) is 67.9 Å². The number of H-pyrrole nitrogens is 1. The number of carbonyl (C=O) groups excluding carboxylic acids is 1. The fourth-order valence-electron chi connectivity index (χ4n) is 2.75. The second kappa shape index (κ2) is 7.55. The smallest absolute Gasteiger partial charge is 0.357 e. The summed E-state index contributed by atoms with van der Waals surface area (Å²) in [5, 5.41) is 2.41. The van der Waals surface area contributed by atoms with Crippen LogP contribution >= 0.6 is 11.3 Å². The van der Waals surface area contributed by atoms with Crippen LogP contribution in [-0.2, 0) is 4.74 Å². The van der Waals surface area contributed by atoms with Gasteiger partial charge in [-0.15, -0.1) is 11.3 Å². The molecule has 0 bridgehead atoms. The predicted octanol–water partition coefficient (Wildman–Crippen LogP) is 5.04. The molecule has 0 fully saturated rings. The van der Waals surface area contributed by atoms with Crippen molar-refractivity contribution in [1.82, 2.24) is 15.0 Å². The van der Waals surface area contributed by atoms with E-state index in [1.165, 1.54) is 11.3 Å². The molecule has 0 aliphatic carbocycles. The number of hydrogen-bond acceptors (Lipinski definition) is 5. The van der Waals surface area contributed by atoms with Crippen molar-refractivity contribution in [2.24, 2.45) is 0 Å². The number of hydrogen-bond donors (Lipinski definition) is 1. The van der Waals surface area contributed by atoms with Gasteiger partial charge < -0.3 is 9.72 Å². The largest absolute Gasteiger partial charge is 0.461 e. The van der Waals surface area contributed by atoms with Crippen LogP contribution in [0.4, 0.5) is 0 Å². The van der Waals surface area contributed by atoms with Gasteiger partial charge in [0, 0.05) is 16.5 Å². The number of benzene rings is 2. The highest BCUT2D eigenvalue weighted by molar-refractivity contribution is 7.13. The van der Waals surface area contributed by atoms with Crippen molar-refractivity contribution in [3.63, 3.8) is 0 Å². The van der Waals surface area contributed by atoms with Gasteiger partial charge in [-0.1, -0.05) is 60.7 Å². The normalized spacial score (nSPS) is 10.7. The average Bonchev–Trinajstić information content (AvgIpc) is 3.37. The number of imidazole rings is 1. The molecule has 0 radical (unpaired) electrons. The Bertz CT molecular complexity index is 1060. The Kier molecular flexibility index (Phi) is 4.80. The molecule has 0 unspecified atom stereocenters. The van der Waals surface area contributed by atoms with Gasteiger partial charge in [0.1, 0.15) is 16.5 Å². The van der Waals surface area contributed by atoms with Crippen LogP contribution in [0.2, 0.25) is 0 Å². The zero-order valence-electron chi connectivity index (χ0n) is 14.7. The fourth-order valence-corrected chi connectivity index (χ4v) is 3.54. The molecule has 0 saturated heterocycles. The Hall–Kier alpha value is -3.25. The zero-order chi connectivity index (χ0) is 18.6. The standard InChI is InChI=1S/C21H17N3O2S/c1-2-26-21(25)16-13-27-20(22-16)18-17(14-9-5-3-6-10-14)23-19(24-18)15-11-7-4-8-12-15/h3-13H,2H2,1H3,(H,23,24). The van der Waals surface area contributed by atoms with E-state index in [-0.39, 0.29) is 0 Å². The molecule has 134 valence electrons. The molecule has 0 aliphatic heterocycles. The molecule has 0 aliphatic rings. The van der Waals surface area contributed by atoms with Gasteiger partial charge in [0.25, 0.3) is 0 Å². The number of aromatic nitrogens is 3. The Balaban J connectivity index is 1.82. The van der Waals surface area contributed by atoms with Gasteiger partial charge in [-0.25, -0.2) is 14.8 Å². The number of ether oxygens (including phenoxy) is 1. The van der Waals surface area contributed by atoms with Gasteiger partial charge in [0.2, 0.25) is 0 Å². The van der Waals surface area contributed by atoms with Crippen LogP contribution in [0.1, 0.15) is 17.4 Å². The number of rotatable bonds is 5. The van der Waals surface area contributed by atoms with Gasteiger partial charge >= 0.3 is 5.97 Å². The Morgan fingerprint density at radius 3 is 2.33 bits per heavy atom. The van der Waals surface area contributed by atoms with E-state index in [2.05, 4.69) is 9.97 Å². The van der Waals surface area contributed by atoms with Crippen molar-refractivity contribution >= 4 is 17.3 Å². The summed E-state index contributed by atoms with van der Waals surface area (Å²) in [5.74, 6) is 0.349. The van der Waals surface area contributed by atoms with E-state index in [1.54, 1.807) is 12.3 Å². The van der Waals surface area contributed by atoms with E-state index >= 15 is 0 Å². The Labute approximate surface area is 160 Å². The summed E-state index contributed by atoms with van der Waals surface area (Å²) < 4.78 is 5.05. The molecule has 4 aromatic rings. The molecule has 0 atom stereocenters. The van der Waals surface area contributed by atoms with Gasteiger partial charge in [0.05, 0.1) is 12.3 Å². The summed E-state index contributed by atoms with van der Waals surface area (Å²) in [7, 11) is 0. The maximum Gasteiger partial charge on any atom is 0.357 e. The van der Waals surface area contributed by atoms with Crippen molar-refractivity contribution < 1.29 is 9.53 Å². The fraction of sp³-hybridized carbons (Fsp3) is 0.0952. The third kappa shape index (κ3) is 3.52. The third-order valence-corrected chi connectivity index (χ3v) is 4.86. The summed E-state index contributed by atoms with van der Waals surface area (Å²) in [5.41, 5.74) is 3.88. The summed E-state index contributed by atoms with van der Waals surface area (Å²) in [6.07, 6.45) is 0. The lowest BCUT2D eigenvalue weighted by atomic mass is 10.1. The van der Waals surface area contributed by atoms with Crippen LogP contribution in [0.15, 0.2) is 66.0 Å². The molecule has 2 heterocycles. The lowest BCUT2D eigenvalue weighted by molar-refractivity contribution is 0.0520. The molecule has 0 saturated carbocycles. The molecule has 2 aromatic heterocycles. The van der Waals surface area contributed by atoms with Crippen molar-refractivity contribution in [3.05, 3.63) is 71.7 Å². The minimum Gasteiger partial charge on any atom is -0.461 e. The van der Waals surface area contributed by atoms with Crippen molar-refractivity contribution in [2.45, 2.75) is 6.92 Å². The predicted molar refractivity (Wildman–Crippen MR) is 107 cm³/mol. The lowest BCUT2D eigenvalue weighted by Gasteiger charge is -1.99.